The molecule has 0 aliphatic carbocycles. The molecule has 6 rings (SSSR count). The number of carbonyl (C=O) groups excluding carboxylic acids is 2. The van der Waals surface area contributed by atoms with Gasteiger partial charge in [0.2, 0.25) is 0 Å². The van der Waals surface area contributed by atoms with Gasteiger partial charge in [-0.1, -0.05) is 36.4 Å². The van der Waals surface area contributed by atoms with Crippen molar-refractivity contribution in [1.29, 1.82) is 0 Å². The van der Waals surface area contributed by atoms with E-state index in [1.807, 2.05) is 48.5 Å². The summed E-state index contributed by atoms with van der Waals surface area (Å²) >= 11 is 0. The molecule has 1 aliphatic rings. The molecule has 0 spiro atoms. The van der Waals surface area contributed by atoms with Crippen LogP contribution < -0.4 is 5.32 Å². The SMILES string of the molecule is COC(=O)C1NC(=O)c2c1c1c3ccccc3[nH]c1c1[nH]c3ccccc3c21. The molecule has 5 aromatic rings. The van der Waals surface area contributed by atoms with Crippen LogP contribution in [0.1, 0.15) is 22.0 Å². The van der Waals surface area contributed by atoms with Gasteiger partial charge in [-0.2, -0.15) is 0 Å². The van der Waals surface area contributed by atoms with E-state index >= 15 is 0 Å². The molecular formula is C22H15N3O3. The Kier molecular flexibility index (Phi) is 2.80. The maximum atomic E-state index is 13.0. The third-order valence-electron chi connectivity index (χ3n) is 5.68. The summed E-state index contributed by atoms with van der Waals surface area (Å²) in [6.07, 6.45) is 0. The van der Waals surface area contributed by atoms with Crippen molar-refractivity contribution in [3.05, 3.63) is 59.7 Å². The van der Waals surface area contributed by atoms with Gasteiger partial charge in [-0.05, 0) is 12.1 Å². The van der Waals surface area contributed by atoms with Crippen LogP contribution in [-0.2, 0) is 9.53 Å². The number of rotatable bonds is 1. The fourth-order valence-corrected chi connectivity index (χ4v) is 4.55. The average molecular weight is 369 g/mol. The summed E-state index contributed by atoms with van der Waals surface area (Å²) in [5.74, 6) is -0.731. The third kappa shape index (κ3) is 1.72. The molecule has 1 amide bonds. The van der Waals surface area contributed by atoms with Crippen LogP contribution in [-0.4, -0.2) is 29.0 Å². The van der Waals surface area contributed by atoms with Gasteiger partial charge in [-0.15, -0.1) is 0 Å². The number of carbonyl (C=O) groups is 2. The maximum absolute atomic E-state index is 13.0. The van der Waals surface area contributed by atoms with Crippen molar-refractivity contribution in [2.45, 2.75) is 6.04 Å². The molecule has 6 nitrogen and oxygen atoms in total. The van der Waals surface area contributed by atoms with E-state index in [2.05, 4.69) is 15.3 Å². The van der Waals surface area contributed by atoms with Gasteiger partial charge < -0.3 is 20.0 Å². The van der Waals surface area contributed by atoms with Gasteiger partial charge >= 0.3 is 5.97 Å². The van der Waals surface area contributed by atoms with Crippen LogP contribution in [0.3, 0.4) is 0 Å². The van der Waals surface area contributed by atoms with Gasteiger partial charge in [0.1, 0.15) is 0 Å². The quantitative estimate of drug-likeness (QED) is 0.392. The minimum atomic E-state index is -0.827. The summed E-state index contributed by atoms with van der Waals surface area (Å²) in [5.41, 5.74) is 4.87. The normalized spacial score (nSPS) is 16.2. The lowest BCUT2D eigenvalue weighted by molar-refractivity contribution is -0.142. The highest BCUT2D eigenvalue weighted by atomic mass is 16.5. The molecule has 0 saturated carbocycles. The van der Waals surface area contributed by atoms with Crippen LogP contribution >= 0.6 is 0 Å². The minimum absolute atomic E-state index is 0.257. The number of hydrogen-bond donors (Lipinski definition) is 3. The summed E-state index contributed by atoms with van der Waals surface area (Å²) in [7, 11) is 1.34. The molecule has 3 N–H and O–H groups in total. The average Bonchev–Trinajstić information content (AvgIpc) is 3.38. The molecule has 0 fully saturated rings. The molecule has 3 heterocycles. The van der Waals surface area contributed by atoms with Crippen LogP contribution in [0.4, 0.5) is 0 Å². The zero-order valence-corrected chi connectivity index (χ0v) is 14.9. The largest absolute Gasteiger partial charge is 0.467 e. The number of amides is 1. The Balaban J connectivity index is 1.94. The van der Waals surface area contributed by atoms with E-state index < -0.39 is 12.0 Å². The van der Waals surface area contributed by atoms with Crippen molar-refractivity contribution in [3.63, 3.8) is 0 Å². The standard InChI is InChI=1S/C22H15N3O3/c1-28-22(27)20-16-14-10-6-2-4-8-12(10)23-18(14)19-15(17(16)21(26)25-20)11-7-3-5-9-13(11)24-19/h2-9,20,23-24H,1H3,(H,25,26). The van der Waals surface area contributed by atoms with E-state index in [1.54, 1.807) is 0 Å². The van der Waals surface area contributed by atoms with Gasteiger partial charge in [-0.3, -0.25) is 4.79 Å². The van der Waals surface area contributed by atoms with Gasteiger partial charge in [-0.25, -0.2) is 4.79 Å². The number of benzene rings is 3. The van der Waals surface area contributed by atoms with E-state index in [0.29, 0.717) is 11.1 Å². The number of methoxy groups -OCH3 is 1. The van der Waals surface area contributed by atoms with Gasteiger partial charge in [0, 0.05) is 38.1 Å². The first-order valence-corrected chi connectivity index (χ1v) is 9.04. The van der Waals surface area contributed by atoms with Crippen molar-refractivity contribution in [3.8, 4) is 0 Å². The molecule has 3 aromatic carbocycles. The van der Waals surface area contributed by atoms with Gasteiger partial charge in [0.15, 0.2) is 6.04 Å². The Morgan fingerprint density at radius 3 is 2.11 bits per heavy atom. The Bertz CT molecular complexity index is 1470. The smallest absolute Gasteiger partial charge is 0.333 e. The minimum Gasteiger partial charge on any atom is -0.467 e. The highest BCUT2D eigenvalue weighted by molar-refractivity contribution is 6.31. The fourth-order valence-electron chi connectivity index (χ4n) is 4.55. The zero-order chi connectivity index (χ0) is 19.0. The second-order valence-electron chi connectivity index (χ2n) is 7.06. The van der Waals surface area contributed by atoms with E-state index in [-0.39, 0.29) is 5.91 Å². The Hall–Kier alpha value is -3.80. The van der Waals surface area contributed by atoms with Crippen LogP contribution in [0.25, 0.3) is 43.6 Å². The number of H-pyrrole nitrogens is 2. The highest BCUT2D eigenvalue weighted by Gasteiger charge is 2.39. The fraction of sp³-hybridized carbons (Fsp3) is 0.0909. The van der Waals surface area contributed by atoms with Gasteiger partial charge in [0.05, 0.1) is 23.7 Å². The zero-order valence-electron chi connectivity index (χ0n) is 14.9. The van der Waals surface area contributed by atoms with Crippen molar-refractivity contribution in [2.24, 2.45) is 0 Å². The molecule has 28 heavy (non-hydrogen) atoms. The first-order valence-electron chi connectivity index (χ1n) is 9.04. The Labute approximate surface area is 158 Å². The molecule has 0 bridgehead atoms. The maximum Gasteiger partial charge on any atom is 0.333 e. The lowest BCUT2D eigenvalue weighted by Gasteiger charge is -2.11. The van der Waals surface area contributed by atoms with Crippen LogP contribution in [0.5, 0.6) is 0 Å². The highest BCUT2D eigenvalue weighted by Crippen LogP contribution is 2.44. The van der Waals surface area contributed by atoms with E-state index in [1.165, 1.54) is 7.11 Å². The van der Waals surface area contributed by atoms with E-state index in [0.717, 1.165) is 43.6 Å². The number of hydrogen-bond acceptors (Lipinski definition) is 3. The summed E-state index contributed by atoms with van der Waals surface area (Å²) < 4.78 is 4.99. The lowest BCUT2D eigenvalue weighted by atomic mass is 9.94. The van der Waals surface area contributed by atoms with Crippen molar-refractivity contribution < 1.29 is 14.3 Å². The summed E-state index contributed by atoms with van der Waals surface area (Å²) in [5, 5.41) is 6.45. The number of aromatic amines is 2. The molecule has 2 aromatic heterocycles. The van der Waals surface area contributed by atoms with Crippen LogP contribution in [0.2, 0.25) is 0 Å². The third-order valence-corrected chi connectivity index (χ3v) is 5.68. The summed E-state index contributed by atoms with van der Waals surface area (Å²) in [4.78, 5) is 32.5. The summed E-state index contributed by atoms with van der Waals surface area (Å²) in [6.45, 7) is 0. The Morgan fingerprint density at radius 1 is 0.893 bits per heavy atom. The number of nitrogens with one attached hydrogen (secondary N) is 3. The molecule has 1 aliphatic heterocycles. The summed E-state index contributed by atoms with van der Waals surface area (Å²) in [6, 6.07) is 15.0. The molecule has 0 saturated heterocycles. The number of aromatic nitrogens is 2. The van der Waals surface area contributed by atoms with Crippen LogP contribution in [0.15, 0.2) is 48.5 Å². The lowest BCUT2D eigenvalue weighted by Crippen LogP contribution is -2.26. The predicted octanol–water partition coefficient (Wildman–Crippen LogP) is 3.91. The van der Waals surface area contributed by atoms with E-state index in [9.17, 15) is 9.59 Å². The first kappa shape index (κ1) is 15.3. The monoisotopic (exact) mass is 369 g/mol. The second-order valence-corrected chi connectivity index (χ2v) is 7.06. The van der Waals surface area contributed by atoms with Crippen LogP contribution in [0, 0.1) is 0 Å². The number of esters is 1. The molecule has 0 radical (unpaired) electrons. The van der Waals surface area contributed by atoms with Crippen molar-refractivity contribution >= 4 is 55.5 Å². The predicted molar refractivity (Wildman–Crippen MR) is 107 cm³/mol. The van der Waals surface area contributed by atoms with Gasteiger partial charge in [0.25, 0.3) is 5.91 Å². The van der Waals surface area contributed by atoms with Crippen molar-refractivity contribution in [2.75, 3.05) is 7.11 Å². The second kappa shape index (κ2) is 5.13. The topological polar surface area (TPSA) is 87.0 Å². The number of ether oxygens (including phenoxy) is 1. The number of para-hydroxylation sites is 2. The molecular weight excluding hydrogens is 354 g/mol. The molecule has 136 valence electrons. The number of fused-ring (bicyclic) bond motifs is 10. The van der Waals surface area contributed by atoms with E-state index in [4.69, 9.17) is 4.74 Å². The van der Waals surface area contributed by atoms with Crippen molar-refractivity contribution in [1.82, 2.24) is 15.3 Å². The molecule has 1 unspecified atom stereocenters. The molecule has 6 heteroatoms. The molecule has 1 atom stereocenters. The first-order chi connectivity index (χ1) is 13.7. The Morgan fingerprint density at radius 2 is 1.46 bits per heavy atom.